The predicted octanol–water partition coefficient (Wildman–Crippen LogP) is 4.05. The number of para-hydroxylation sites is 1. The molecule has 0 N–H and O–H groups in total. The first-order valence-electron chi connectivity index (χ1n) is 6.26. The number of carbonyl (C=O) groups excluding carboxylic acids is 1. The number of hydrogen-bond donors (Lipinski definition) is 0. The Labute approximate surface area is 117 Å². The molecule has 1 aliphatic rings. The number of carbonyl (C=O) groups is 1. The lowest BCUT2D eigenvalue weighted by molar-refractivity contribution is -0.135. The van der Waals surface area contributed by atoms with Gasteiger partial charge >= 0.3 is 5.97 Å². The van der Waals surface area contributed by atoms with Gasteiger partial charge in [0, 0.05) is 5.02 Å². The van der Waals surface area contributed by atoms with E-state index in [0.717, 1.165) is 12.0 Å². The maximum absolute atomic E-state index is 12.0. The van der Waals surface area contributed by atoms with Gasteiger partial charge in [-0.2, -0.15) is 0 Å². The highest BCUT2D eigenvalue weighted by atomic mass is 35.5. The van der Waals surface area contributed by atoms with Gasteiger partial charge in [0.05, 0.1) is 5.92 Å². The Bertz CT molecular complexity index is 577. The molecule has 0 unspecified atom stereocenters. The third-order valence-corrected chi connectivity index (χ3v) is 3.60. The van der Waals surface area contributed by atoms with E-state index >= 15 is 0 Å². The smallest absolute Gasteiger partial charge is 0.314 e. The lowest BCUT2D eigenvalue weighted by atomic mass is 10.1. The summed E-state index contributed by atoms with van der Waals surface area (Å²) in [5.41, 5.74) is 1.15. The number of ether oxygens (including phenoxy) is 1. The van der Waals surface area contributed by atoms with E-state index in [0.29, 0.717) is 10.8 Å². The summed E-state index contributed by atoms with van der Waals surface area (Å²) in [4.78, 5) is 12.0. The van der Waals surface area contributed by atoms with Gasteiger partial charge in [0.15, 0.2) is 0 Å². The predicted molar refractivity (Wildman–Crippen MR) is 74.4 cm³/mol. The van der Waals surface area contributed by atoms with Gasteiger partial charge in [-0.25, -0.2) is 0 Å². The fourth-order valence-electron chi connectivity index (χ4n) is 2.21. The molecule has 1 aliphatic carbocycles. The molecule has 0 saturated heterocycles. The highest BCUT2D eigenvalue weighted by molar-refractivity contribution is 6.30. The highest BCUT2D eigenvalue weighted by Gasteiger charge is 2.45. The first kappa shape index (κ1) is 12.2. The van der Waals surface area contributed by atoms with Crippen LogP contribution in [-0.2, 0) is 4.79 Å². The van der Waals surface area contributed by atoms with Crippen molar-refractivity contribution in [1.82, 2.24) is 0 Å². The maximum atomic E-state index is 12.0. The third-order valence-electron chi connectivity index (χ3n) is 3.35. The first-order chi connectivity index (χ1) is 9.24. The topological polar surface area (TPSA) is 26.3 Å². The Morgan fingerprint density at radius 3 is 2.42 bits per heavy atom. The summed E-state index contributed by atoms with van der Waals surface area (Å²) in [6.07, 6.45) is 0.854. The second kappa shape index (κ2) is 5.06. The van der Waals surface area contributed by atoms with Gasteiger partial charge < -0.3 is 4.74 Å². The Morgan fingerprint density at radius 2 is 1.74 bits per heavy atom. The zero-order valence-electron chi connectivity index (χ0n) is 10.3. The molecule has 0 spiro atoms. The second-order valence-corrected chi connectivity index (χ2v) is 5.17. The van der Waals surface area contributed by atoms with Gasteiger partial charge in [-0.15, -0.1) is 0 Å². The van der Waals surface area contributed by atoms with Crippen LogP contribution in [0.3, 0.4) is 0 Å². The maximum Gasteiger partial charge on any atom is 0.314 e. The number of esters is 1. The molecule has 0 aliphatic heterocycles. The fourth-order valence-corrected chi connectivity index (χ4v) is 2.34. The van der Waals surface area contributed by atoms with Crippen molar-refractivity contribution in [3.8, 4) is 5.75 Å². The Kier molecular flexibility index (Phi) is 3.26. The summed E-state index contributed by atoms with van der Waals surface area (Å²) in [6.45, 7) is 0. The molecule has 0 amide bonds. The summed E-state index contributed by atoms with van der Waals surface area (Å²) in [5.74, 6) is 0.704. The number of halogens is 1. The van der Waals surface area contributed by atoms with Crippen molar-refractivity contribution in [1.29, 1.82) is 0 Å². The molecule has 3 rings (SSSR count). The van der Waals surface area contributed by atoms with Crippen LogP contribution in [0.15, 0.2) is 54.6 Å². The van der Waals surface area contributed by atoms with Gasteiger partial charge in [0.2, 0.25) is 0 Å². The van der Waals surface area contributed by atoms with Crippen molar-refractivity contribution in [2.45, 2.75) is 12.3 Å². The van der Waals surface area contributed by atoms with Crippen molar-refractivity contribution in [3.05, 3.63) is 65.2 Å². The van der Waals surface area contributed by atoms with Gasteiger partial charge in [-0.3, -0.25) is 4.79 Å². The summed E-state index contributed by atoms with van der Waals surface area (Å²) >= 11 is 5.85. The molecule has 2 aromatic rings. The molecule has 0 bridgehead atoms. The van der Waals surface area contributed by atoms with E-state index in [9.17, 15) is 4.79 Å². The second-order valence-electron chi connectivity index (χ2n) is 4.73. The molecule has 0 heterocycles. The quantitative estimate of drug-likeness (QED) is 0.622. The number of rotatable bonds is 3. The van der Waals surface area contributed by atoms with Gasteiger partial charge in [0.25, 0.3) is 0 Å². The Morgan fingerprint density at radius 1 is 1.05 bits per heavy atom. The van der Waals surface area contributed by atoms with Crippen LogP contribution in [0.5, 0.6) is 5.75 Å². The van der Waals surface area contributed by atoms with Crippen LogP contribution >= 0.6 is 11.6 Å². The van der Waals surface area contributed by atoms with E-state index in [1.807, 2.05) is 42.5 Å². The molecule has 3 heteroatoms. The minimum absolute atomic E-state index is 0.0265. The largest absolute Gasteiger partial charge is 0.426 e. The average Bonchev–Trinajstić information content (AvgIpc) is 3.21. The first-order valence-corrected chi connectivity index (χ1v) is 6.64. The van der Waals surface area contributed by atoms with Crippen LogP contribution in [0.4, 0.5) is 0 Å². The molecule has 0 aromatic heterocycles. The van der Waals surface area contributed by atoms with E-state index in [1.165, 1.54) is 0 Å². The minimum atomic E-state index is -0.147. The van der Waals surface area contributed by atoms with E-state index < -0.39 is 0 Å². The Balaban J connectivity index is 1.63. The van der Waals surface area contributed by atoms with Gasteiger partial charge in [0.1, 0.15) is 5.75 Å². The van der Waals surface area contributed by atoms with E-state index in [1.54, 1.807) is 12.1 Å². The fraction of sp³-hybridized carbons (Fsp3) is 0.188. The van der Waals surface area contributed by atoms with Crippen molar-refractivity contribution in [2.24, 2.45) is 5.92 Å². The van der Waals surface area contributed by atoms with Crippen LogP contribution in [0.2, 0.25) is 5.02 Å². The normalized spacial score (nSPS) is 20.9. The number of hydrogen-bond acceptors (Lipinski definition) is 2. The zero-order chi connectivity index (χ0) is 13.2. The summed E-state index contributed by atoms with van der Waals surface area (Å²) < 4.78 is 5.35. The van der Waals surface area contributed by atoms with Crippen molar-refractivity contribution in [3.63, 3.8) is 0 Å². The van der Waals surface area contributed by atoms with Crippen LogP contribution in [0.1, 0.15) is 17.9 Å². The van der Waals surface area contributed by atoms with E-state index in [2.05, 4.69) is 0 Å². The molecule has 2 nitrogen and oxygen atoms in total. The van der Waals surface area contributed by atoms with Crippen LogP contribution in [0.25, 0.3) is 0 Å². The monoisotopic (exact) mass is 272 g/mol. The van der Waals surface area contributed by atoms with Crippen molar-refractivity contribution in [2.75, 3.05) is 0 Å². The highest BCUT2D eigenvalue weighted by Crippen LogP contribution is 2.48. The van der Waals surface area contributed by atoms with Crippen LogP contribution in [0, 0.1) is 5.92 Å². The Hall–Kier alpha value is -1.80. The molecule has 2 atom stereocenters. The number of benzene rings is 2. The molecular weight excluding hydrogens is 260 g/mol. The molecule has 0 radical (unpaired) electrons. The molecule has 2 aromatic carbocycles. The SMILES string of the molecule is O=C(Oc1ccccc1)[C@@H]1C[C@H]1c1ccc(Cl)cc1. The van der Waals surface area contributed by atoms with E-state index in [-0.39, 0.29) is 17.8 Å². The third kappa shape index (κ3) is 2.79. The standard InChI is InChI=1S/C16H13ClO2/c17-12-8-6-11(7-9-12)14-10-15(14)16(18)19-13-4-2-1-3-5-13/h1-9,14-15H,10H2/t14-,15+/m0/s1. The lowest BCUT2D eigenvalue weighted by Crippen LogP contribution is -2.11. The minimum Gasteiger partial charge on any atom is -0.426 e. The van der Waals surface area contributed by atoms with Crippen molar-refractivity contribution < 1.29 is 9.53 Å². The molecular formula is C16H13ClO2. The van der Waals surface area contributed by atoms with Crippen LogP contribution < -0.4 is 4.74 Å². The van der Waals surface area contributed by atoms with Gasteiger partial charge in [-0.05, 0) is 42.2 Å². The summed E-state index contributed by atoms with van der Waals surface area (Å²) in [7, 11) is 0. The molecule has 1 fully saturated rings. The average molecular weight is 273 g/mol. The zero-order valence-corrected chi connectivity index (χ0v) is 11.0. The van der Waals surface area contributed by atoms with Gasteiger partial charge in [-0.1, -0.05) is 41.9 Å². The van der Waals surface area contributed by atoms with Crippen molar-refractivity contribution >= 4 is 17.6 Å². The molecule has 96 valence electrons. The van der Waals surface area contributed by atoms with E-state index in [4.69, 9.17) is 16.3 Å². The molecule has 19 heavy (non-hydrogen) atoms. The summed E-state index contributed by atoms with van der Waals surface area (Å²) in [5, 5.41) is 0.716. The summed E-state index contributed by atoms with van der Waals surface area (Å²) in [6, 6.07) is 16.8. The lowest BCUT2D eigenvalue weighted by Gasteiger charge is -2.03. The van der Waals surface area contributed by atoms with Crippen LogP contribution in [-0.4, -0.2) is 5.97 Å². The molecule has 1 saturated carbocycles.